The second-order valence-electron chi connectivity index (χ2n) is 6.40. The van der Waals surface area contributed by atoms with E-state index in [0.717, 1.165) is 28.8 Å². The fourth-order valence-electron chi connectivity index (χ4n) is 4.02. The lowest BCUT2D eigenvalue weighted by Crippen LogP contribution is -2.34. The summed E-state index contributed by atoms with van der Waals surface area (Å²) < 4.78 is 0. The third-order valence-corrected chi connectivity index (χ3v) is 5.04. The molecular formula is C19H16NO3-. The summed E-state index contributed by atoms with van der Waals surface area (Å²) in [6, 6.07) is 11.0. The van der Waals surface area contributed by atoms with Gasteiger partial charge >= 0.3 is 0 Å². The first-order chi connectivity index (χ1) is 11.0. The molecule has 4 nitrogen and oxygen atoms in total. The molecule has 0 N–H and O–H groups in total. The fraction of sp³-hybridized carbons (Fsp3) is 0.263. The molecule has 2 atom stereocenters. The van der Waals surface area contributed by atoms with Crippen LogP contribution in [0.5, 0.6) is 0 Å². The summed E-state index contributed by atoms with van der Waals surface area (Å²) in [4.78, 5) is 26.2. The lowest BCUT2D eigenvalue weighted by atomic mass is 9.84. The molecule has 116 valence electrons. The van der Waals surface area contributed by atoms with E-state index in [0.29, 0.717) is 11.5 Å². The van der Waals surface area contributed by atoms with Crippen molar-refractivity contribution in [2.24, 2.45) is 0 Å². The standard InChI is InChI=1S/C19H17NO3/c1-10-5-3-6-12-11(2)9-15-13-7-4-8-14(19(22)23)16(13)18(21)20(15)17(10)12/h3-8,11,15H,9H2,1-2H3,(H,22,23)/p-1/t11-,15+/m1/s1. The predicted octanol–water partition coefficient (Wildman–Crippen LogP) is 2.57. The number of carboxylic acids is 1. The number of aromatic carboxylic acids is 1. The minimum absolute atomic E-state index is 0.00955. The number of hydrogen-bond donors (Lipinski definition) is 0. The van der Waals surface area contributed by atoms with E-state index in [9.17, 15) is 14.7 Å². The minimum Gasteiger partial charge on any atom is -0.545 e. The number of nitrogens with zero attached hydrogens (tertiary/aromatic N) is 1. The van der Waals surface area contributed by atoms with E-state index in [-0.39, 0.29) is 17.5 Å². The van der Waals surface area contributed by atoms with Crippen LogP contribution in [0.25, 0.3) is 0 Å². The van der Waals surface area contributed by atoms with Gasteiger partial charge in [0, 0.05) is 5.56 Å². The van der Waals surface area contributed by atoms with Crippen LogP contribution in [0, 0.1) is 6.92 Å². The SMILES string of the molecule is Cc1cccc2c1N1C(=O)c3c(C(=O)[O-])cccc3[C@@H]1C[C@H]2C. The molecule has 1 amide bonds. The summed E-state index contributed by atoms with van der Waals surface area (Å²) in [6.45, 7) is 4.14. The molecule has 0 saturated carbocycles. The van der Waals surface area contributed by atoms with Gasteiger partial charge < -0.3 is 14.8 Å². The maximum absolute atomic E-state index is 13.0. The Morgan fingerprint density at radius 2 is 1.87 bits per heavy atom. The normalized spacial score (nSPS) is 21.7. The highest BCUT2D eigenvalue weighted by molar-refractivity contribution is 6.16. The van der Waals surface area contributed by atoms with Crippen LogP contribution in [0.1, 0.15) is 62.7 Å². The van der Waals surface area contributed by atoms with Gasteiger partial charge in [-0.25, -0.2) is 0 Å². The summed E-state index contributed by atoms with van der Waals surface area (Å²) in [5, 5.41) is 11.4. The Morgan fingerprint density at radius 1 is 1.17 bits per heavy atom. The summed E-state index contributed by atoms with van der Waals surface area (Å²) >= 11 is 0. The first kappa shape index (κ1) is 14.0. The zero-order valence-electron chi connectivity index (χ0n) is 13.0. The van der Waals surface area contributed by atoms with E-state index in [1.54, 1.807) is 11.0 Å². The van der Waals surface area contributed by atoms with Gasteiger partial charge in [0.25, 0.3) is 5.91 Å². The van der Waals surface area contributed by atoms with E-state index >= 15 is 0 Å². The molecular weight excluding hydrogens is 290 g/mol. The molecule has 2 aliphatic heterocycles. The van der Waals surface area contributed by atoms with Crippen LogP contribution < -0.4 is 10.0 Å². The number of benzene rings is 2. The van der Waals surface area contributed by atoms with E-state index in [1.165, 1.54) is 6.07 Å². The summed E-state index contributed by atoms with van der Waals surface area (Å²) in [5.41, 5.74) is 4.21. The summed E-state index contributed by atoms with van der Waals surface area (Å²) in [5.74, 6) is -1.21. The maximum Gasteiger partial charge on any atom is 0.259 e. The highest BCUT2D eigenvalue weighted by Crippen LogP contribution is 2.50. The van der Waals surface area contributed by atoms with Crippen molar-refractivity contribution in [3.05, 3.63) is 64.2 Å². The highest BCUT2D eigenvalue weighted by atomic mass is 16.4. The number of para-hydroxylation sites is 1. The van der Waals surface area contributed by atoms with Crippen LogP contribution in [0.4, 0.5) is 5.69 Å². The number of carbonyl (C=O) groups is 2. The van der Waals surface area contributed by atoms with Gasteiger partial charge in [-0.05, 0) is 36.0 Å². The van der Waals surface area contributed by atoms with Crippen LogP contribution in [0.3, 0.4) is 0 Å². The van der Waals surface area contributed by atoms with E-state index in [1.807, 2.05) is 25.1 Å². The number of fused-ring (bicyclic) bond motifs is 5. The van der Waals surface area contributed by atoms with Crippen LogP contribution >= 0.6 is 0 Å². The highest BCUT2D eigenvalue weighted by Gasteiger charge is 2.44. The van der Waals surface area contributed by atoms with Gasteiger partial charge in [-0.2, -0.15) is 0 Å². The molecule has 0 spiro atoms. The number of carbonyl (C=O) groups excluding carboxylic acids is 2. The van der Waals surface area contributed by atoms with E-state index in [2.05, 4.69) is 13.0 Å². The van der Waals surface area contributed by atoms with Crippen molar-refractivity contribution in [2.75, 3.05) is 4.90 Å². The molecule has 23 heavy (non-hydrogen) atoms. The average Bonchev–Trinajstić information content (AvgIpc) is 2.81. The van der Waals surface area contributed by atoms with Gasteiger partial charge in [-0.3, -0.25) is 4.79 Å². The lowest BCUT2D eigenvalue weighted by Gasteiger charge is -2.37. The zero-order chi connectivity index (χ0) is 16.3. The Bertz CT molecular complexity index is 856. The van der Waals surface area contributed by atoms with Gasteiger partial charge in [0.2, 0.25) is 0 Å². The van der Waals surface area contributed by atoms with Crippen molar-refractivity contribution >= 4 is 17.6 Å². The Labute approximate surface area is 134 Å². The van der Waals surface area contributed by atoms with Crippen LogP contribution in [0.15, 0.2) is 36.4 Å². The summed E-state index contributed by atoms with van der Waals surface area (Å²) in [7, 11) is 0. The van der Waals surface area contributed by atoms with Gasteiger partial charge in [-0.15, -0.1) is 0 Å². The van der Waals surface area contributed by atoms with Crippen molar-refractivity contribution in [1.82, 2.24) is 0 Å². The fourth-order valence-corrected chi connectivity index (χ4v) is 4.02. The van der Waals surface area contributed by atoms with Crippen LogP contribution in [-0.4, -0.2) is 11.9 Å². The van der Waals surface area contributed by atoms with E-state index < -0.39 is 5.97 Å². The number of aryl methyl sites for hydroxylation is 1. The van der Waals surface area contributed by atoms with Gasteiger partial charge in [-0.1, -0.05) is 43.3 Å². The number of amides is 1. The van der Waals surface area contributed by atoms with Crippen molar-refractivity contribution in [3.8, 4) is 0 Å². The molecule has 2 heterocycles. The van der Waals surface area contributed by atoms with Crippen molar-refractivity contribution in [2.45, 2.75) is 32.2 Å². The quantitative estimate of drug-likeness (QED) is 0.813. The van der Waals surface area contributed by atoms with Crippen molar-refractivity contribution < 1.29 is 14.7 Å². The van der Waals surface area contributed by atoms with E-state index in [4.69, 9.17) is 0 Å². The monoisotopic (exact) mass is 306 g/mol. The van der Waals surface area contributed by atoms with Crippen LogP contribution in [-0.2, 0) is 0 Å². The van der Waals surface area contributed by atoms with Gasteiger partial charge in [0.15, 0.2) is 0 Å². The van der Waals surface area contributed by atoms with Crippen molar-refractivity contribution in [3.63, 3.8) is 0 Å². The third-order valence-electron chi connectivity index (χ3n) is 5.04. The Morgan fingerprint density at radius 3 is 2.61 bits per heavy atom. The Kier molecular flexibility index (Phi) is 2.85. The molecule has 0 saturated heterocycles. The molecule has 0 aliphatic carbocycles. The number of hydrogen-bond acceptors (Lipinski definition) is 3. The van der Waals surface area contributed by atoms with Crippen LogP contribution in [0.2, 0.25) is 0 Å². The second kappa shape index (κ2) is 4.69. The van der Waals surface area contributed by atoms with Gasteiger partial charge in [0.1, 0.15) is 0 Å². The summed E-state index contributed by atoms with van der Waals surface area (Å²) in [6.07, 6.45) is 0.797. The molecule has 0 radical (unpaired) electrons. The topological polar surface area (TPSA) is 60.4 Å². The number of anilines is 1. The first-order valence-corrected chi connectivity index (χ1v) is 7.78. The lowest BCUT2D eigenvalue weighted by molar-refractivity contribution is -0.255. The maximum atomic E-state index is 13.0. The zero-order valence-corrected chi connectivity index (χ0v) is 13.0. The Balaban J connectivity index is 1.98. The molecule has 2 aromatic carbocycles. The van der Waals surface area contributed by atoms with Crippen molar-refractivity contribution in [1.29, 1.82) is 0 Å². The number of rotatable bonds is 1. The predicted molar refractivity (Wildman–Crippen MR) is 84.5 cm³/mol. The van der Waals surface area contributed by atoms with Gasteiger partial charge in [0.05, 0.1) is 23.3 Å². The second-order valence-corrected chi connectivity index (χ2v) is 6.40. The molecule has 0 fully saturated rings. The molecule has 2 aromatic rings. The molecule has 2 aliphatic rings. The molecule has 0 unspecified atom stereocenters. The Hall–Kier alpha value is -2.62. The minimum atomic E-state index is -1.30. The smallest absolute Gasteiger partial charge is 0.259 e. The third kappa shape index (κ3) is 1.78. The molecule has 0 bridgehead atoms. The molecule has 4 heteroatoms. The molecule has 4 rings (SSSR count). The first-order valence-electron chi connectivity index (χ1n) is 7.78. The average molecular weight is 306 g/mol. The largest absolute Gasteiger partial charge is 0.545 e. The number of carboxylic acid groups (broad SMARTS) is 1. The molecule has 0 aromatic heterocycles.